The van der Waals surface area contributed by atoms with Gasteiger partial charge in [0.05, 0.1) is 0 Å². The summed E-state index contributed by atoms with van der Waals surface area (Å²) in [6.07, 6.45) is 79.9. The minimum absolute atomic E-state index is 0.150. The molecule has 0 saturated carbocycles. The van der Waals surface area contributed by atoms with Crippen molar-refractivity contribution in [2.24, 2.45) is 0 Å². The van der Waals surface area contributed by atoms with Crippen LogP contribution in [0.5, 0.6) is 0 Å². The standard InChI is InChI=1S/C63H98O6/c1-4-7-10-13-16-19-22-25-28-31-34-37-40-43-46-49-52-55-61(64)67-58-60(69-63(66)57-54-51-48-45-42-39-36-33-30-27-24-21-18-15-12-9-6-3)59-68-62(65)56-53-50-47-44-41-38-35-32-29-26-23-20-17-14-11-8-5-2/h7,10,16-17,19-20,25-30,34-39,43-48,60H,4-6,8-9,11-15,18,21-24,31-33,40-42,49-59H2,1-3H3/b10-7-,19-16-,20-17-,28-25-,29-26-,30-27-,37-34-,38-35-,39-36-,46-43-,47-44-,48-45-/t60-/m1/s1. The van der Waals surface area contributed by atoms with Crippen LogP contribution in [0.1, 0.15) is 213 Å². The second-order valence-electron chi connectivity index (χ2n) is 17.4. The van der Waals surface area contributed by atoms with Gasteiger partial charge in [0, 0.05) is 19.3 Å². The summed E-state index contributed by atoms with van der Waals surface area (Å²) in [7, 11) is 0. The Balaban J connectivity index is 4.67. The van der Waals surface area contributed by atoms with Crippen LogP contribution in [0, 0.1) is 0 Å². The fourth-order valence-electron chi connectivity index (χ4n) is 6.72. The maximum Gasteiger partial charge on any atom is 0.306 e. The van der Waals surface area contributed by atoms with Crippen molar-refractivity contribution in [3.8, 4) is 0 Å². The number of esters is 3. The second-order valence-corrected chi connectivity index (χ2v) is 17.4. The largest absolute Gasteiger partial charge is 0.462 e. The topological polar surface area (TPSA) is 78.9 Å². The van der Waals surface area contributed by atoms with Gasteiger partial charge in [-0.1, -0.05) is 212 Å². The third kappa shape index (κ3) is 54.1. The van der Waals surface area contributed by atoms with Crippen molar-refractivity contribution in [3.05, 3.63) is 146 Å². The molecule has 0 spiro atoms. The predicted octanol–water partition coefficient (Wildman–Crippen LogP) is 18.4. The highest BCUT2D eigenvalue weighted by Gasteiger charge is 2.19. The Bertz CT molecular complexity index is 1560. The van der Waals surface area contributed by atoms with Crippen molar-refractivity contribution in [1.82, 2.24) is 0 Å². The first-order valence-electron chi connectivity index (χ1n) is 27.3. The maximum atomic E-state index is 12.8. The number of rotatable bonds is 47. The molecular formula is C63H98O6. The molecule has 0 aliphatic rings. The summed E-state index contributed by atoms with van der Waals surface area (Å²) in [4.78, 5) is 38.0. The lowest BCUT2D eigenvalue weighted by Gasteiger charge is -2.18. The lowest BCUT2D eigenvalue weighted by Crippen LogP contribution is -2.30. The van der Waals surface area contributed by atoms with E-state index < -0.39 is 12.1 Å². The van der Waals surface area contributed by atoms with E-state index in [0.717, 1.165) is 83.5 Å². The Morgan fingerprint density at radius 1 is 0.304 bits per heavy atom. The van der Waals surface area contributed by atoms with Crippen molar-refractivity contribution in [2.45, 2.75) is 219 Å². The molecule has 0 aliphatic heterocycles. The Morgan fingerprint density at radius 2 is 0.565 bits per heavy atom. The number of ether oxygens (including phenoxy) is 3. The number of hydrogen-bond acceptors (Lipinski definition) is 6. The molecule has 0 aromatic rings. The molecule has 0 fully saturated rings. The molecule has 0 aliphatic carbocycles. The number of unbranched alkanes of at least 4 members (excludes halogenated alkanes) is 12. The molecule has 0 bridgehead atoms. The highest BCUT2D eigenvalue weighted by Crippen LogP contribution is 2.10. The summed E-state index contributed by atoms with van der Waals surface area (Å²) in [5.41, 5.74) is 0. The second kappa shape index (κ2) is 55.9. The first-order chi connectivity index (χ1) is 34.0. The lowest BCUT2D eigenvalue weighted by atomic mass is 10.1. The minimum Gasteiger partial charge on any atom is -0.462 e. The van der Waals surface area contributed by atoms with Crippen LogP contribution in [0.15, 0.2) is 146 Å². The van der Waals surface area contributed by atoms with E-state index >= 15 is 0 Å². The fourth-order valence-corrected chi connectivity index (χ4v) is 6.72. The van der Waals surface area contributed by atoms with E-state index in [4.69, 9.17) is 14.2 Å². The van der Waals surface area contributed by atoms with Crippen LogP contribution in [0.25, 0.3) is 0 Å². The van der Waals surface area contributed by atoms with E-state index in [0.29, 0.717) is 19.3 Å². The summed E-state index contributed by atoms with van der Waals surface area (Å²) >= 11 is 0. The number of carbonyl (C=O) groups is 3. The minimum atomic E-state index is -0.856. The average molecular weight is 951 g/mol. The Labute approximate surface area is 423 Å². The van der Waals surface area contributed by atoms with Crippen molar-refractivity contribution in [3.63, 3.8) is 0 Å². The van der Waals surface area contributed by atoms with Gasteiger partial charge in [-0.2, -0.15) is 0 Å². The summed E-state index contributed by atoms with van der Waals surface area (Å²) in [5, 5.41) is 0. The molecule has 6 heteroatoms. The maximum absolute atomic E-state index is 12.8. The van der Waals surface area contributed by atoms with Gasteiger partial charge in [0.25, 0.3) is 0 Å². The van der Waals surface area contributed by atoms with Gasteiger partial charge in [0.2, 0.25) is 0 Å². The monoisotopic (exact) mass is 951 g/mol. The SMILES string of the molecule is CC/C=C\C/C=C\C/C=C\C/C=C\C/C=C\CCCC(=O)OC[C@H](COC(=O)CCC/C=C\C/C=C\C/C=C\C/C=C\CCCCC)OC(=O)CCC/C=C\C/C=C\C/C=C\CCCCCCCC. The smallest absolute Gasteiger partial charge is 0.306 e. The van der Waals surface area contributed by atoms with Gasteiger partial charge in [0.1, 0.15) is 13.2 Å². The number of hydrogen-bond donors (Lipinski definition) is 0. The van der Waals surface area contributed by atoms with Gasteiger partial charge >= 0.3 is 17.9 Å². The predicted molar refractivity (Wildman–Crippen MR) is 297 cm³/mol. The van der Waals surface area contributed by atoms with Gasteiger partial charge in [0.15, 0.2) is 6.10 Å². The van der Waals surface area contributed by atoms with Crippen LogP contribution in [0.4, 0.5) is 0 Å². The molecule has 0 unspecified atom stereocenters. The molecule has 0 N–H and O–H groups in total. The zero-order valence-corrected chi connectivity index (χ0v) is 44.0. The van der Waals surface area contributed by atoms with Gasteiger partial charge in [-0.05, 0) is 128 Å². The molecule has 69 heavy (non-hydrogen) atoms. The van der Waals surface area contributed by atoms with E-state index in [1.54, 1.807) is 0 Å². The molecule has 0 rings (SSSR count). The molecule has 0 radical (unpaired) electrons. The van der Waals surface area contributed by atoms with Gasteiger partial charge in [-0.3, -0.25) is 14.4 Å². The molecule has 0 amide bonds. The average Bonchev–Trinajstić information content (AvgIpc) is 3.35. The highest BCUT2D eigenvalue weighted by molar-refractivity contribution is 5.71. The normalized spacial score (nSPS) is 13.3. The highest BCUT2D eigenvalue weighted by atomic mass is 16.6. The van der Waals surface area contributed by atoms with Crippen LogP contribution >= 0.6 is 0 Å². The Hall–Kier alpha value is -4.71. The third-order valence-corrected chi connectivity index (χ3v) is 10.8. The van der Waals surface area contributed by atoms with Gasteiger partial charge < -0.3 is 14.2 Å². The van der Waals surface area contributed by atoms with Gasteiger partial charge in [-0.15, -0.1) is 0 Å². The van der Waals surface area contributed by atoms with E-state index in [2.05, 4.69) is 167 Å². The molecule has 0 aromatic carbocycles. The van der Waals surface area contributed by atoms with Crippen LogP contribution in [-0.2, 0) is 28.6 Å². The zero-order valence-electron chi connectivity index (χ0n) is 44.0. The number of allylic oxidation sites excluding steroid dienone is 24. The first-order valence-corrected chi connectivity index (χ1v) is 27.3. The molecule has 0 heterocycles. The summed E-state index contributed by atoms with van der Waals surface area (Å²) in [6.45, 7) is 6.33. The molecule has 6 nitrogen and oxygen atoms in total. The summed E-state index contributed by atoms with van der Waals surface area (Å²) in [6, 6.07) is 0. The van der Waals surface area contributed by atoms with Gasteiger partial charge in [-0.25, -0.2) is 0 Å². The Kier molecular flexibility index (Phi) is 52.1. The van der Waals surface area contributed by atoms with Crippen molar-refractivity contribution < 1.29 is 28.6 Å². The summed E-state index contributed by atoms with van der Waals surface area (Å²) < 4.78 is 16.7. The molecule has 0 aromatic heterocycles. The Morgan fingerprint density at radius 3 is 0.913 bits per heavy atom. The first kappa shape index (κ1) is 64.3. The molecule has 1 atom stereocenters. The van der Waals surface area contributed by atoms with Crippen LogP contribution in [-0.4, -0.2) is 37.2 Å². The fraction of sp³-hybridized carbons (Fsp3) is 0.571. The van der Waals surface area contributed by atoms with E-state index in [1.165, 1.54) is 70.6 Å². The quantitative estimate of drug-likeness (QED) is 0.0262. The van der Waals surface area contributed by atoms with E-state index in [-0.39, 0.29) is 44.4 Å². The van der Waals surface area contributed by atoms with E-state index in [1.807, 2.05) is 0 Å². The summed E-state index contributed by atoms with van der Waals surface area (Å²) in [5.74, 6) is -1.12. The van der Waals surface area contributed by atoms with Crippen LogP contribution < -0.4 is 0 Å². The van der Waals surface area contributed by atoms with Crippen molar-refractivity contribution in [2.75, 3.05) is 13.2 Å². The van der Waals surface area contributed by atoms with Crippen LogP contribution in [0.2, 0.25) is 0 Å². The van der Waals surface area contributed by atoms with Crippen LogP contribution in [0.3, 0.4) is 0 Å². The molecular weight excluding hydrogens is 853 g/mol. The molecule has 0 saturated heterocycles. The molecule has 386 valence electrons. The lowest BCUT2D eigenvalue weighted by molar-refractivity contribution is -0.166. The third-order valence-electron chi connectivity index (χ3n) is 10.8. The number of carbonyl (C=O) groups excluding carboxylic acids is 3. The van der Waals surface area contributed by atoms with E-state index in [9.17, 15) is 14.4 Å². The van der Waals surface area contributed by atoms with Crippen molar-refractivity contribution >= 4 is 17.9 Å². The van der Waals surface area contributed by atoms with Crippen molar-refractivity contribution in [1.29, 1.82) is 0 Å². The zero-order chi connectivity index (χ0) is 50.0.